The number of carbonyl (C=O) groups excluding carboxylic acids is 1. The molecule has 1 aliphatic rings. The Labute approximate surface area is 129 Å². The smallest absolute Gasteiger partial charge is 0.235 e. The first-order chi connectivity index (χ1) is 9.60. The van der Waals surface area contributed by atoms with E-state index in [4.69, 9.17) is 17.3 Å². The molecular weight excluding hydrogens is 292 g/mol. The van der Waals surface area contributed by atoms with Crippen LogP contribution in [0.1, 0.15) is 19.8 Å². The first kappa shape index (κ1) is 15.7. The molecule has 1 aliphatic heterocycles. The number of halogens is 1. The fraction of sp³-hybridized carbons (Fsp3) is 0.533. The summed E-state index contributed by atoms with van der Waals surface area (Å²) >= 11 is 7.45. The summed E-state index contributed by atoms with van der Waals surface area (Å²) < 4.78 is 0. The number of nitrogens with zero attached hydrogens (tertiary/aromatic N) is 1. The molecule has 1 aromatic rings. The van der Waals surface area contributed by atoms with Crippen LogP contribution in [-0.4, -0.2) is 35.7 Å². The van der Waals surface area contributed by atoms with Crippen LogP contribution in [0.4, 0.5) is 0 Å². The molecule has 1 fully saturated rings. The van der Waals surface area contributed by atoms with Gasteiger partial charge in [0.25, 0.3) is 0 Å². The minimum absolute atomic E-state index is 0.0643. The van der Waals surface area contributed by atoms with Crippen molar-refractivity contribution in [3.8, 4) is 0 Å². The topological polar surface area (TPSA) is 46.3 Å². The van der Waals surface area contributed by atoms with Crippen molar-refractivity contribution in [2.24, 2.45) is 11.7 Å². The van der Waals surface area contributed by atoms with Crippen LogP contribution >= 0.6 is 23.4 Å². The van der Waals surface area contributed by atoms with E-state index in [0.29, 0.717) is 5.92 Å². The Morgan fingerprint density at radius 1 is 1.40 bits per heavy atom. The highest BCUT2D eigenvalue weighted by Gasteiger charge is 2.25. The lowest BCUT2D eigenvalue weighted by atomic mass is 9.97. The number of amides is 1. The molecule has 0 spiro atoms. The molecule has 1 saturated heterocycles. The lowest BCUT2D eigenvalue weighted by Gasteiger charge is -2.33. The van der Waals surface area contributed by atoms with Crippen LogP contribution in [0, 0.1) is 5.92 Å². The molecule has 1 amide bonds. The molecule has 20 heavy (non-hydrogen) atoms. The van der Waals surface area contributed by atoms with E-state index in [0.717, 1.165) is 42.4 Å². The largest absolute Gasteiger partial charge is 0.342 e. The maximum absolute atomic E-state index is 12.4. The number of hydrogen-bond acceptors (Lipinski definition) is 3. The summed E-state index contributed by atoms with van der Waals surface area (Å²) in [7, 11) is 0. The van der Waals surface area contributed by atoms with Gasteiger partial charge in [-0.3, -0.25) is 4.79 Å². The van der Waals surface area contributed by atoms with Gasteiger partial charge in [-0.1, -0.05) is 11.6 Å². The number of thioether (sulfide) groups is 1. The third kappa shape index (κ3) is 4.14. The van der Waals surface area contributed by atoms with Gasteiger partial charge < -0.3 is 10.6 Å². The molecule has 3 nitrogen and oxygen atoms in total. The Bertz CT molecular complexity index is 444. The van der Waals surface area contributed by atoms with Gasteiger partial charge in [-0.15, -0.1) is 11.8 Å². The van der Waals surface area contributed by atoms with Crippen molar-refractivity contribution < 1.29 is 4.79 Å². The minimum Gasteiger partial charge on any atom is -0.342 e. The van der Waals surface area contributed by atoms with E-state index < -0.39 is 0 Å². The van der Waals surface area contributed by atoms with Crippen molar-refractivity contribution in [3.63, 3.8) is 0 Å². The average Bonchev–Trinajstić information content (AvgIpc) is 2.49. The summed E-state index contributed by atoms with van der Waals surface area (Å²) in [5, 5.41) is 0.655. The first-order valence-electron chi connectivity index (χ1n) is 7.01. The van der Waals surface area contributed by atoms with Gasteiger partial charge in [-0.05, 0) is 56.5 Å². The summed E-state index contributed by atoms with van der Waals surface area (Å²) in [6.07, 6.45) is 2.06. The van der Waals surface area contributed by atoms with Gasteiger partial charge in [0.05, 0.1) is 5.25 Å². The number of rotatable bonds is 4. The molecule has 0 bridgehead atoms. The summed E-state index contributed by atoms with van der Waals surface area (Å²) in [6, 6.07) is 7.62. The van der Waals surface area contributed by atoms with Gasteiger partial charge in [-0.25, -0.2) is 0 Å². The molecular formula is C15H21ClN2OS. The van der Waals surface area contributed by atoms with Gasteiger partial charge in [0, 0.05) is 23.0 Å². The highest BCUT2D eigenvalue weighted by Crippen LogP contribution is 2.27. The zero-order chi connectivity index (χ0) is 14.5. The summed E-state index contributed by atoms with van der Waals surface area (Å²) in [5.74, 6) is 0.804. The van der Waals surface area contributed by atoms with E-state index in [-0.39, 0.29) is 11.2 Å². The maximum Gasteiger partial charge on any atom is 0.235 e. The van der Waals surface area contributed by atoms with Crippen LogP contribution in [0.2, 0.25) is 5.02 Å². The fourth-order valence-electron chi connectivity index (χ4n) is 2.41. The maximum atomic E-state index is 12.4. The van der Waals surface area contributed by atoms with Gasteiger partial charge in [0.2, 0.25) is 5.91 Å². The Morgan fingerprint density at radius 3 is 2.55 bits per heavy atom. The van der Waals surface area contributed by atoms with Crippen molar-refractivity contribution in [1.82, 2.24) is 4.90 Å². The Balaban J connectivity index is 1.87. The molecule has 1 heterocycles. The van der Waals surface area contributed by atoms with Crippen LogP contribution in [-0.2, 0) is 4.79 Å². The number of hydrogen-bond donors (Lipinski definition) is 1. The van der Waals surface area contributed by atoms with E-state index in [1.54, 1.807) is 11.8 Å². The quantitative estimate of drug-likeness (QED) is 0.869. The van der Waals surface area contributed by atoms with E-state index in [1.165, 1.54) is 0 Å². The molecule has 0 radical (unpaired) electrons. The van der Waals surface area contributed by atoms with Crippen LogP contribution < -0.4 is 5.73 Å². The second kappa shape index (κ2) is 7.34. The molecule has 0 aliphatic carbocycles. The van der Waals surface area contributed by atoms with Crippen LogP contribution in [0.5, 0.6) is 0 Å². The lowest BCUT2D eigenvalue weighted by molar-refractivity contribution is -0.131. The third-order valence-corrected chi connectivity index (χ3v) is 5.09. The number of carbonyl (C=O) groups is 1. The van der Waals surface area contributed by atoms with Gasteiger partial charge in [-0.2, -0.15) is 0 Å². The standard InChI is InChI=1S/C15H21ClN2OS/c1-11(20-14-4-2-13(16)3-5-14)15(19)18-8-6-12(10-17)7-9-18/h2-5,11-12H,6-10,17H2,1H3. The summed E-state index contributed by atoms with van der Waals surface area (Å²) in [6.45, 7) is 4.38. The van der Waals surface area contributed by atoms with E-state index in [9.17, 15) is 4.79 Å². The lowest BCUT2D eigenvalue weighted by Crippen LogP contribution is -2.43. The predicted molar refractivity (Wildman–Crippen MR) is 85.1 cm³/mol. The molecule has 1 unspecified atom stereocenters. The summed E-state index contributed by atoms with van der Waals surface area (Å²) in [4.78, 5) is 15.5. The zero-order valence-electron chi connectivity index (χ0n) is 11.7. The van der Waals surface area contributed by atoms with Crippen molar-refractivity contribution in [2.45, 2.75) is 29.9 Å². The van der Waals surface area contributed by atoms with Gasteiger partial charge in [0.1, 0.15) is 0 Å². The Kier molecular flexibility index (Phi) is 5.75. The molecule has 110 valence electrons. The van der Waals surface area contributed by atoms with Crippen molar-refractivity contribution in [2.75, 3.05) is 19.6 Å². The molecule has 2 rings (SSSR count). The number of likely N-dealkylation sites (tertiary alicyclic amines) is 1. The Morgan fingerprint density at radius 2 is 2.00 bits per heavy atom. The Hall–Kier alpha value is -0.710. The highest BCUT2D eigenvalue weighted by atomic mass is 35.5. The molecule has 1 atom stereocenters. The van der Waals surface area contributed by atoms with Gasteiger partial charge >= 0.3 is 0 Å². The zero-order valence-corrected chi connectivity index (χ0v) is 13.3. The monoisotopic (exact) mass is 312 g/mol. The molecule has 2 N–H and O–H groups in total. The molecule has 0 aromatic heterocycles. The average molecular weight is 313 g/mol. The molecule has 0 saturated carbocycles. The van der Waals surface area contributed by atoms with E-state index in [2.05, 4.69) is 0 Å². The number of piperidine rings is 1. The fourth-order valence-corrected chi connectivity index (χ4v) is 3.49. The summed E-state index contributed by atoms with van der Waals surface area (Å²) in [5.41, 5.74) is 5.68. The first-order valence-corrected chi connectivity index (χ1v) is 8.27. The second-order valence-electron chi connectivity index (χ2n) is 5.22. The van der Waals surface area contributed by atoms with Crippen molar-refractivity contribution >= 4 is 29.3 Å². The minimum atomic E-state index is -0.0643. The van der Waals surface area contributed by atoms with Gasteiger partial charge in [0.15, 0.2) is 0 Å². The molecule has 5 heteroatoms. The van der Waals surface area contributed by atoms with Crippen LogP contribution in [0.15, 0.2) is 29.2 Å². The van der Waals surface area contributed by atoms with Crippen molar-refractivity contribution in [1.29, 1.82) is 0 Å². The molecule has 1 aromatic carbocycles. The SMILES string of the molecule is CC(Sc1ccc(Cl)cc1)C(=O)N1CCC(CN)CC1. The second-order valence-corrected chi connectivity index (χ2v) is 7.07. The number of nitrogens with two attached hydrogens (primary N) is 1. The van der Waals surface area contributed by atoms with E-state index in [1.807, 2.05) is 36.1 Å². The highest BCUT2D eigenvalue weighted by molar-refractivity contribution is 8.00. The van der Waals surface area contributed by atoms with Crippen molar-refractivity contribution in [3.05, 3.63) is 29.3 Å². The van der Waals surface area contributed by atoms with Crippen LogP contribution in [0.3, 0.4) is 0 Å². The number of benzene rings is 1. The third-order valence-electron chi connectivity index (χ3n) is 3.73. The predicted octanol–water partition coefficient (Wildman–Crippen LogP) is 3.02. The van der Waals surface area contributed by atoms with E-state index >= 15 is 0 Å². The normalized spacial score (nSPS) is 18.1. The van der Waals surface area contributed by atoms with Crippen LogP contribution in [0.25, 0.3) is 0 Å².